The molecule has 1 aromatic heterocycles. The number of H-pyrrole nitrogens is 1. The molecule has 0 amide bonds. The number of esters is 1. The van der Waals surface area contributed by atoms with Crippen molar-refractivity contribution in [1.82, 2.24) is 9.97 Å². The van der Waals surface area contributed by atoms with Crippen LogP contribution in [0.25, 0.3) is 10.9 Å². The van der Waals surface area contributed by atoms with Crippen molar-refractivity contribution >= 4 is 16.9 Å². The zero-order valence-electron chi connectivity index (χ0n) is 13.6. The summed E-state index contributed by atoms with van der Waals surface area (Å²) in [5.74, 6) is -0.727. The quantitative estimate of drug-likeness (QED) is 0.705. The fraction of sp³-hybridized carbons (Fsp3) is 0.167. The van der Waals surface area contributed by atoms with Gasteiger partial charge in [-0.15, -0.1) is 0 Å². The first-order chi connectivity index (χ1) is 12.4. The maximum atomic E-state index is 12.3. The molecular weight excluding hydrogens is 346 g/mol. The van der Waals surface area contributed by atoms with Crippen molar-refractivity contribution in [3.8, 4) is 5.75 Å². The van der Waals surface area contributed by atoms with Crippen molar-refractivity contribution in [3.63, 3.8) is 0 Å². The molecule has 26 heavy (non-hydrogen) atoms. The molecule has 0 aliphatic heterocycles. The van der Waals surface area contributed by atoms with Gasteiger partial charge in [0.15, 0.2) is 11.9 Å². The number of alkyl halides is 2. The van der Waals surface area contributed by atoms with Crippen molar-refractivity contribution < 1.29 is 23.0 Å². The fourth-order valence-corrected chi connectivity index (χ4v) is 2.38. The number of carbonyl (C=O) groups excluding carboxylic acids is 1. The number of nitrogens with one attached hydrogen (secondary N) is 1. The predicted octanol–water partition coefficient (Wildman–Crippen LogP) is 3.44. The topological polar surface area (TPSA) is 81.3 Å². The summed E-state index contributed by atoms with van der Waals surface area (Å²) in [6, 6.07) is 12.0. The van der Waals surface area contributed by atoms with Gasteiger partial charge in [0, 0.05) is 0 Å². The summed E-state index contributed by atoms with van der Waals surface area (Å²) < 4.78 is 34.1. The molecule has 8 heteroatoms. The average molecular weight is 360 g/mol. The van der Waals surface area contributed by atoms with Gasteiger partial charge in [-0.3, -0.25) is 4.79 Å². The van der Waals surface area contributed by atoms with Gasteiger partial charge in [0.25, 0.3) is 5.56 Å². The van der Waals surface area contributed by atoms with Gasteiger partial charge in [-0.25, -0.2) is 9.78 Å². The van der Waals surface area contributed by atoms with Crippen LogP contribution in [0.1, 0.15) is 29.2 Å². The van der Waals surface area contributed by atoms with Crippen molar-refractivity contribution in [2.45, 2.75) is 19.6 Å². The maximum absolute atomic E-state index is 12.3. The molecule has 0 saturated heterocycles. The Morgan fingerprint density at radius 2 is 1.92 bits per heavy atom. The van der Waals surface area contributed by atoms with Crippen LogP contribution < -0.4 is 10.3 Å². The van der Waals surface area contributed by atoms with E-state index in [4.69, 9.17) is 4.74 Å². The van der Waals surface area contributed by atoms with Crippen LogP contribution in [-0.4, -0.2) is 22.5 Å². The molecule has 2 aromatic carbocycles. The van der Waals surface area contributed by atoms with Gasteiger partial charge in [0.1, 0.15) is 5.75 Å². The molecule has 3 aromatic rings. The summed E-state index contributed by atoms with van der Waals surface area (Å²) in [6.07, 6.45) is -0.848. The average Bonchev–Trinajstić information content (AvgIpc) is 2.61. The number of para-hydroxylation sites is 1. The molecule has 6 nitrogen and oxygen atoms in total. The monoisotopic (exact) mass is 360 g/mol. The Labute approximate surface area is 146 Å². The molecule has 3 rings (SSSR count). The number of ether oxygens (including phenoxy) is 2. The van der Waals surface area contributed by atoms with E-state index in [-0.39, 0.29) is 22.7 Å². The predicted molar refractivity (Wildman–Crippen MR) is 89.3 cm³/mol. The number of carbonyl (C=O) groups is 1. The second-order valence-corrected chi connectivity index (χ2v) is 5.42. The summed E-state index contributed by atoms with van der Waals surface area (Å²) in [6.45, 7) is -1.45. The molecule has 134 valence electrons. The van der Waals surface area contributed by atoms with Crippen LogP contribution in [0.15, 0.2) is 53.3 Å². The smallest absolute Gasteiger partial charge is 0.387 e. The van der Waals surface area contributed by atoms with E-state index in [1.165, 1.54) is 18.2 Å². The number of rotatable bonds is 5. The summed E-state index contributed by atoms with van der Waals surface area (Å²) in [4.78, 5) is 31.2. The second kappa shape index (κ2) is 7.30. The molecule has 1 N–H and O–H groups in total. The lowest BCUT2D eigenvalue weighted by Crippen LogP contribution is -2.17. The zero-order valence-corrected chi connectivity index (χ0v) is 13.6. The van der Waals surface area contributed by atoms with Crippen LogP contribution in [0.3, 0.4) is 0 Å². The molecule has 0 radical (unpaired) electrons. The SMILES string of the molecule is C[C@H](OC(=O)c1cccc(OC(F)F)c1)c1nc2ccccc2c(=O)[nH]1. The third-order valence-electron chi connectivity index (χ3n) is 3.59. The summed E-state index contributed by atoms with van der Waals surface area (Å²) in [7, 11) is 0. The van der Waals surface area contributed by atoms with E-state index in [9.17, 15) is 18.4 Å². The molecule has 0 unspecified atom stereocenters. The Bertz CT molecular complexity index is 1000. The van der Waals surface area contributed by atoms with Crippen LogP contribution in [0.2, 0.25) is 0 Å². The van der Waals surface area contributed by atoms with Crippen molar-refractivity contribution in [1.29, 1.82) is 0 Å². The third-order valence-corrected chi connectivity index (χ3v) is 3.59. The summed E-state index contributed by atoms with van der Waals surface area (Å²) in [5.41, 5.74) is 0.167. The van der Waals surface area contributed by atoms with Gasteiger partial charge < -0.3 is 14.5 Å². The van der Waals surface area contributed by atoms with Crippen LogP contribution in [0.4, 0.5) is 8.78 Å². The first kappa shape index (κ1) is 17.5. The van der Waals surface area contributed by atoms with Crippen LogP contribution in [0, 0.1) is 0 Å². The maximum Gasteiger partial charge on any atom is 0.387 e. The molecule has 0 spiro atoms. The lowest BCUT2D eigenvalue weighted by atomic mass is 10.2. The second-order valence-electron chi connectivity index (χ2n) is 5.42. The third kappa shape index (κ3) is 3.85. The van der Waals surface area contributed by atoms with E-state index >= 15 is 0 Å². The minimum absolute atomic E-state index is 0.0399. The van der Waals surface area contributed by atoms with Crippen LogP contribution in [0.5, 0.6) is 5.75 Å². The van der Waals surface area contributed by atoms with Crippen molar-refractivity contribution in [2.24, 2.45) is 0 Å². The summed E-state index contributed by atoms with van der Waals surface area (Å²) in [5, 5.41) is 0.423. The van der Waals surface area contributed by atoms with Gasteiger partial charge in [-0.2, -0.15) is 8.78 Å². The molecule has 0 aliphatic rings. The Kier molecular flexibility index (Phi) is 4.92. The first-order valence-electron chi connectivity index (χ1n) is 7.69. The number of aromatic amines is 1. The number of hydrogen-bond donors (Lipinski definition) is 1. The Morgan fingerprint density at radius 1 is 1.15 bits per heavy atom. The fourth-order valence-electron chi connectivity index (χ4n) is 2.38. The van der Waals surface area contributed by atoms with Gasteiger partial charge in [0.05, 0.1) is 16.5 Å². The number of halogens is 2. The standard InChI is InChI=1S/C18H14F2N2O4/c1-10(15-21-14-8-3-2-7-13(14)16(23)22-15)25-17(24)11-5-4-6-12(9-11)26-18(19)20/h2-10,18H,1H3,(H,21,22,23)/t10-/m0/s1. The number of aromatic nitrogens is 2. The van der Waals surface area contributed by atoms with Gasteiger partial charge in [0.2, 0.25) is 0 Å². The Balaban J connectivity index is 1.80. The lowest BCUT2D eigenvalue weighted by molar-refractivity contribution is -0.0499. The van der Waals surface area contributed by atoms with Crippen LogP contribution in [-0.2, 0) is 4.74 Å². The molecule has 0 fully saturated rings. The first-order valence-corrected chi connectivity index (χ1v) is 7.69. The van der Waals surface area contributed by atoms with Gasteiger partial charge >= 0.3 is 12.6 Å². The number of hydrogen-bond acceptors (Lipinski definition) is 5. The van der Waals surface area contributed by atoms with E-state index in [0.717, 1.165) is 6.07 Å². The zero-order chi connectivity index (χ0) is 18.7. The van der Waals surface area contributed by atoms with E-state index in [2.05, 4.69) is 14.7 Å². The minimum atomic E-state index is -2.99. The largest absolute Gasteiger partial charge is 0.451 e. The van der Waals surface area contributed by atoms with E-state index in [1.807, 2.05) is 0 Å². The van der Waals surface area contributed by atoms with Gasteiger partial charge in [-0.1, -0.05) is 18.2 Å². The van der Waals surface area contributed by atoms with E-state index < -0.39 is 18.7 Å². The molecule has 1 heterocycles. The molecule has 0 aliphatic carbocycles. The molecular formula is C18H14F2N2O4. The van der Waals surface area contributed by atoms with E-state index in [1.54, 1.807) is 31.2 Å². The van der Waals surface area contributed by atoms with Crippen molar-refractivity contribution in [2.75, 3.05) is 0 Å². The van der Waals surface area contributed by atoms with Crippen molar-refractivity contribution in [3.05, 3.63) is 70.3 Å². The highest BCUT2D eigenvalue weighted by molar-refractivity contribution is 5.90. The summed E-state index contributed by atoms with van der Waals surface area (Å²) >= 11 is 0. The normalized spacial score (nSPS) is 12.2. The highest BCUT2D eigenvalue weighted by Crippen LogP contribution is 2.20. The highest BCUT2D eigenvalue weighted by Gasteiger charge is 2.18. The number of fused-ring (bicyclic) bond motifs is 1. The Hall–Kier alpha value is -3.29. The van der Waals surface area contributed by atoms with Crippen LogP contribution >= 0.6 is 0 Å². The van der Waals surface area contributed by atoms with E-state index in [0.29, 0.717) is 10.9 Å². The lowest BCUT2D eigenvalue weighted by Gasteiger charge is -2.13. The van der Waals surface area contributed by atoms with Gasteiger partial charge in [-0.05, 0) is 37.3 Å². The Morgan fingerprint density at radius 3 is 2.69 bits per heavy atom. The number of benzene rings is 2. The number of nitrogens with zero attached hydrogens (tertiary/aromatic N) is 1. The molecule has 0 bridgehead atoms. The minimum Gasteiger partial charge on any atom is -0.451 e. The molecule has 0 saturated carbocycles. The highest BCUT2D eigenvalue weighted by atomic mass is 19.3. The molecule has 1 atom stereocenters.